The van der Waals surface area contributed by atoms with E-state index in [-0.39, 0.29) is 11.6 Å². The fraction of sp³-hybridized carbons (Fsp3) is 0. The predicted molar refractivity (Wildman–Crippen MR) is 92.8 cm³/mol. The normalized spacial score (nSPS) is 11.1. The summed E-state index contributed by atoms with van der Waals surface area (Å²) in [5.41, 5.74) is 1.28. The first kappa shape index (κ1) is 16.4. The van der Waals surface area contributed by atoms with Gasteiger partial charge in [-0.25, -0.2) is 0 Å². The molecular formula is C15H10Br2N2O3. The zero-order valence-corrected chi connectivity index (χ0v) is 14.3. The molecule has 0 radical (unpaired) electrons. The first-order valence-electron chi connectivity index (χ1n) is 6.15. The molecule has 1 amide bonds. The van der Waals surface area contributed by atoms with Crippen LogP contribution in [0, 0.1) is 10.1 Å². The highest BCUT2D eigenvalue weighted by atomic mass is 79.9. The molecule has 0 spiro atoms. The highest BCUT2D eigenvalue weighted by Crippen LogP contribution is 2.28. The van der Waals surface area contributed by atoms with Gasteiger partial charge < -0.3 is 5.32 Å². The number of hydrogen-bond acceptors (Lipinski definition) is 3. The van der Waals surface area contributed by atoms with Gasteiger partial charge in [0.2, 0.25) is 0 Å². The van der Waals surface area contributed by atoms with Crippen molar-refractivity contribution in [2.45, 2.75) is 0 Å². The number of nitrogens with zero attached hydrogens (tertiary/aromatic N) is 1. The minimum Gasteiger partial charge on any atom is -0.320 e. The first-order valence-corrected chi connectivity index (χ1v) is 7.73. The van der Waals surface area contributed by atoms with E-state index >= 15 is 0 Å². The van der Waals surface area contributed by atoms with Crippen LogP contribution in [0.3, 0.4) is 0 Å². The molecule has 1 N–H and O–H groups in total. The van der Waals surface area contributed by atoms with Crippen molar-refractivity contribution in [1.29, 1.82) is 0 Å². The third-order valence-electron chi connectivity index (χ3n) is 2.72. The topological polar surface area (TPSA) is 72.2 Å². The van der Waals surface area contributed by atoms with Gasteiger partial charge in [-0.2, -0.15) is 0 Å². The number of rotatable bonds is 4. The van der Waals surface area contributed by atoms with E-state index in [2.05, 4.69) is 37.2 Å². The molecule has 112 valence electrons. The maximum absolute atomic E-state index is 12.1. The predicted octanol–water partition coefficient (Wildman–Crippen LogP) is 4.73. The number of nitro groups is 1. The molecule has 0 saturated heterocycles. The quantitative estimate of drug-likeness (QED) is 0.437. The van der Waals surface area contributed by atoms with Gasteiger partial charge in [-0.3, -0.25) is 14.9 Å². The average molecular weight is 426 g/mol. The lowest BCUT2D eigenvalue weighted by Crippen LogP contribution is -2.11. The molecule has 7 heteroatoms. The minimum absolute atomic E-state index is 0.0521. The molecule has 0 unspecified atom stereocenters. The Labute approximate surface area is 143 Å². The van der Waals surface area contributed by atoms with E-state index in [0.29, 0.717) is 14.6 Å². The Morgan fingerprint density at radius 1 is 1.18 bits per heavy atom. The van der Waals surface area contributed by atoms with Crippen molar-refractivity contribution in [3.05, 3.63) is 73.2 Å². The van der Waals surface area contributed by atoms with Crippen molar-refractivity contribution in [1.82, 2.24) is 0 Å². The SMILES string of the molecule is O=C(Nc1ccc([N+](=O)[O-])cc1Br)C(Br)=Cc1ccccc1. The van der Waals surface area contributed by atoms with Crippen LogP contribution >= 0.6 is 31.9 Å². The zero-order chi connectivity index (χ0) is 16.1. The van der Waals surface area contributed by atoms with E-state index in [1.807, 2.05) is 30.3 Å². The Bertz CT molecular complexity index is 746. The maximum atomic E-state index is 12.1. The Morgan fingerprint density at radius 2 is 1.86 bits per heavy atom. The summed E-state index contributed by atoms with van der Waals surface area (Å²) in [7, 11) is 0. The van der Waals surface area contributed by atoms with Gasteiger partial charge in [0.1, 0.15) is 0 Å². The van der Waals surface area contributed by atoms with Crippen LogP contribution in [0.25, 0.3) is 6.08 Å². The molecule has 0 bridgehead atoms. The summed E-state index contributed by atoms with van der Waals surface area (Å²) >= 11 is 6.43. The number of nitro benzene ring substituents is 1. The van der Waals surface area contributed by atoms with Gasteiger partial charge in [0.15, 0.2) is 0 Å². The van der Waals surface area contributed by atoms with E-state index in [9.17, 15) is 14.9 Å². The number of non-ortho nitro benzene ring substituents is 1. The fourth-order valence-electron chi connectivity index (χ4n) is 1.66. The molecule has 0 aliphatic rings. The molecule has 22 heavy (non-hydrogen) atoms. The van der Waals surface area contributed by atoms with Crippen LogP contribution in [-0.2, 0) is 4.79 Å². The van der Waals surface area contributed by atoms with Gasteiger partial charge >= 0.3 is 0 Å². The number of carbonyl (C=O) groups excluding carboxylic acids is 1. The summed E-state index contributed by atoms with van der Waals surface area (Å²) in [6, 6.07) is 13.5. The lowest BCUT2D eigenvalue weighted by Gasteiger charge is -2.07. The van der Waals surface area contributed by atoms with Gasteiger partial charge in [-0.15, -0.1) is 0 Å². The van der Waals surface area contributed by atoms with Crippen LogP contribution in [-0.4, -0.2) is 10.8 Å². The summed E-state index contributed by atoms with van der Waals surface area (Å²) < 4.78 is 0.791. The smallest absolute Gasteiger partial charge is 0.270 e. The van der Waals surface area contributed by atoms with E-state index < -0.39 is 4.92 Å². The third-order valence-corrected chi connectivity index (χ3v) is 3.97. The fourth-order valence-corrected chi connectivity index (χ4v) is 2.49. The molecule has 0 aromatic heterocycles. The van der Waals surface area contributed by atoms with Gasteiger partial charge in [-0.05, 0) is 49.6 Å². The molecule has 0 heterocycles. The second-order valence-electron chi connectivity index (χ2n) is 4.28. The number of anilines is 1. The maximum Gasteiger partial charge on any atom is 0.270 e. The van der Waals surface area contributed by atoms with Crippen LogP contribution in [0.5, 0.6) is 0 Å². The summed E-state index contributed by atoms with van der Waals surface area (Å²) in [4.78, 5) is 22.3. The van der Waals surface area contributed by atoms with Crippen LogP contribution in [0.1, 0.15) is 5.56 Å². The molecule has 5 nitrogen and oxygen atoms in total. The van der Waals surface area contributed by atoms with Crippen molar-refractivity contribution < 1.29 is 9.72 Å². The Hall–Kier alpha value is -1.99. The second-order valence-corrected chi connectivity index (χ2v) is 5.99. The summed E-state index contributed by atoms with van der Waals surface area (Å²) in [5.74, 6) is -0.349. The molecular weight excluding hydrogens is 416 g/mol. The number of carbonyl (C=O) groups is 1. The molecule has 0 atom stereocenters. The zero-order valence-electron chi connectivity index (χ0n) is 11.1. The van der Waals surface area contributed by atoms with Crippen LogP contribution < -0.4 is 5.32 Å². The molecule has 2 rings (SSSR count). The lowest BCUT2D eigenvalue weighted by atomic mass is 10.2. The van der Waals surface area contributed by atoms with Gasteiger partial charge in [-0.1, -0.05) is 30.3 Å². The molecule has 0 saturated carbocycles. The molecule has 2 aromatic carbocycles. The molecule has 0 fully saturated rings. The second kappa shape index (κ2) is 7.33. The number of halogens is 2. The number of amides is 1. The Kier molecular flexibility index (Phi) is 5.46. The van der Waals surface area contributed by atoms with E-state index in [4.69, 9.17) is 0 Å². The standard InChI is InChI=1S/C15H10Br2N2O3/c16-12-9-11(19(21)22)6-7-14(12)18-15(20)13(17)8-10-4-2-1-3-5-10/h1-9H,(H,18,20). The van der Waals surface area contributed by atoms with E-state index in [1.54, 1.807) is 6.08 Å². The largest absolute Gasteiger partial charge is 0.320 e. The number of nitrogens with one attached hydrogen (secondary N) is 1. The van der Waals surface area contributed by atoms with Crippen molar-refractivity contribution in [2.75, 3.05) is 5.32 Å². The van der Waals surface area contributed by atoms with Crippen molar-refractivity contribution in [2.24, 2.45) is 0 Å². The van der Waals surface area contributed by atoms with E-state index in [0.717, 1.165) is 5.56 Å². The van der Waals surface area contributed by atoms with Crippen molar-refractivity contribution in [3.63, 3.8) is 0 Å². The summed E-state index contributed by atoms with van der Waals surface area (Å²) in [6.07, 6.45) is 1.69. The third kappa shape index (κ3) is 4.25. The monoisotopic (exact) mass is 424 g/mol. The number of hydrogen-bond donors (Lipinski definition) is 1. The average Bonchev–Trinajstić information content (AvgIpc) is 2.50. The van der Waals surface area contributed by atoms with Crippen LogP contribution in [0.4, 0.5) is 11.4 Å². The highest BCUT2D eigenvalue weighted by Gasteiger charge is 2.12. The highest BCUT2D eigenvalue weighted by molar-refractivity contribution is 9.12. The number of benzene rings is 2. The Balaban J connectivity index is 2.15. The van der Waals surface area contributed by atoms with Crippen molar-refractivity contribution in [3.8, 4) is 0 Å². The molecule has 2 aromatic rings. The van der Waals surface area contributed by atoms with Gasteiger partial charge in [0.25, 0.3) is 11.6 Å². The van der Waals surface area contributed by atoms with Gasteiger partial charge in [0, 0.05) is 16.6 Å². The van der Waals surface area contributed by atoms with Crippen LogP contribution in [0.2, 0.25) is 0 Å². The van der Waals surface area contributed by atoms with E-state index in [1.165, 1.54) is 18.2 Å². The molecule has 0 aliphatic carbocycles. The lowest BCUT2D eigenvalue weighted by molar-refractivity contribution is -0.384. The first-order chi connectivity index (χ1) is 10.5. The molecule has 0 aliphatic heterocycles. The van der Waals surface area contributed by atoms with Gasteiger partial charge in [0.05, 0.1) is 15.1 Å². The Morgan fingerprint density at radius 3 is 2.45 bits per heavy atom. The summed E-state index contributed by atoms with van der Waals surface area (Å²) in [6.45, 7) is 0. The summed E-state index contributed by atoms with van der Waals surface area (Å²) in [5, 5.41) is 13.4. The van der Waals surface area contributed by atoms with Crippen LogP contribution in [0.15, 0.2) is 57.5 Å². The minimum atomic E-state index is -0.498. The van der Waals surface area contributed by atoms with Crippen molar-refractivity contribution >= 4 is 55.2 Å².